The maximum atomic E-state index is 6.35. The van der Waals surface area contributed by atoms with Crippen molar-refractivity contribution in [3.8, 4) is 33.6 Å². The summed E-state index contributed by atoms with van der Waals surface area (Å²) in [5, 5.41) is 2.23. The van der Waals surface area contributed by atoms with Crippen molar-refractivity contribution in [1.82, 2.24) is 9.97 Å². The Morgan fingerprint density at radius 2 is 1.51 bits per heavy atom. The molecule has 0 aliphatic heterocycles. The Morgan fingerprint density at radius 3 is 2.18 bits per heavy atom. The van der Waals surface area contributed by atoms with Crippen LogP contribution in [0.25, 0.3) is 55.6 Å². The summed E-state index contributed by atoms with van der Waals surface area (Å²) in [6.07, 6.45) is 3.99. The summed E-state index contributed by atoms with van der Waals surface area (Å²) in [6, 6.07) is 41.9. The van der Waals surface area contributed by atoms with Crippen LogP contribution in [0.4, 0.5) is 0 Å². The summed E-state index contributed by atoms with van der Waals surface area (Å²) in [7, 11) is 0. The maximum Gasteiger partial charge on any atom is 0 e. The van der Waals surface area contributed by atoms with Gasteiger partial charge in [0.1, 0.15) is 5.58 Å². The van der Waals surface area contributed by atoms with E-state index in [4.69, 9.17) is 4.42 Å². The van der Waals surface area contributed by atoms with Crippen molar-refractivity contribution in [3.05, 3.63) is 139 Å². The molecule has 0 aliphatic rings. The molecule has 7 aromatic rings. The predicted octanol–water partition coefficient (Wildman–Crippen LogP) is 11.6. The van der Waals surface area contributed by atoms with E-state index >= 15 is 0 Å². The second-order valence-corrected chi connectivity index (χ2v) is 25.3. The van der Waals surface area contributed by atoms with E-state index in [0.29, 0.717) is 5.92 Å². The van der Waals surface area contributed by atoms with E-state index in [-0.39, 0.29) is 25.5 Å². The summed E-state index contributed by atoms with van der Waals surface area (Å²) < 4.78 is 7.88. The Balaban J connectivity index is 0.000000205. The van der Waals surface area contributed by atoms with Crippen LogP contribution in [0.2, 0.25) is 17.3 Å². The molecule has 0 aliphatic carbocycles. The molecular formula is C44H44GeIrN2O-2. The van der Waals surface area contributed by atoms with Crippen LogP contribution in [0.15, 0.2) is 120 Å². The van der Waals surface area contributed by atoms with E-state index in [2.05, 4.69) is 147 Å². The van der Waals surface area contributed by atoms with Gasteiger partial charge in [-0.15, -0.1) is 18.2 Å². The van der Waals surface area contributed by atoms with Crippen molar-refractivity contribution < 1.29 is 24.5 Å². The smallest absolute Gasteiger partial charge is 0 e. The molecule has 5 heteroatoms. The van der Waals surface area contributed by atoms with Crippen molar-refractivity contribution in [2.75, 3.05) is 0 Å². The number of benzene rings is 4. The molecule has 7 rings (SSSR count). The molecule has 251 valence electrons. The van der Waals surface area contributed by atoms with Crippen LogP contribution in [-0.4, -0.2) is 23.2 Å². The monoisotopic (exact) mass is 883 g/mol. The summed E-state index contributed by atoms with van der Waals surface area (Å²) in [5.74, 6) is 7.83. The van der Waals surface area contributed by atoms with E-state index in [1.807, 2.05) is 42.6 Å². The molecule has 0 amide bonds. The van der Waals surface area contributed by atoms with Crippen molar-refractivity contribution in [2.45, 2.75) is 63.2 Å². The van der Waals surface area contributed by atoms with Gasteiger partial charge in [0, 0.05) is 31.7 Å². The largest absolute Gasteiger partial charge is 0 e. The first-order valence-corrected chi connectivity index (χ1v) is 24.1. The zero-order valence-corrected chi connectivity index (χ0v) is 34.2. The first-order valence-electron chi connectivity index (χ1n) is 16.8. The molecular weight excluding hydrogens is 837 g/mol. The Morgan fingerprint density at radius 1 is 0.755 bits per heavy atom. The molecule has 3 aromatic heterocycles. The molecule has 0 saturated heterocycles. The third kappa shape index (κ3) is 7.99. The van der Waals surface area contributed by atoms with Gasteiger partial charge >= 0.3 is 119 Å². The van der Waals surface area contributed by atoms with Crippen LogP contribution in [0.5, 0.6) is 0 Å². The van der Waals surface area contributed by atoms with Crippen molar-refractivity contribution in [2.24, 2.45) is 0 Å². The first-order chi connectivity index (χ1) is 22.9. The minimum Gasteiger partial charge on any atom is 0 e. The number of pyridine rings is 2. The van der Waals surface area contributed by atoms with Crippen molar-refractivity contribution in [3.63, 3.8) is 0 Å². The second kappa shape index (κ2) is 15.0. The fourth-order valence-corrected chi connectivity index (χ4v) is 9.67. The van der Waals surface area contributed by atoms with Gasteiger partial charge in [-0.3, -0.25) is 0 Å². The minimum absolute atomic E-state index is 0. The summed E-state index contributed by atoms with van der Waals surface area (Å²) in [5.41, 5.74) is 10.8. The normalized spacial score (nSPS) is 11.7. The number of rotatable bonds is 5. The fourth-order valence-electron chi connectivity index (χ4n) is 6.15. The Kier molecular flexibility index (Phi) is 11.1. The van der Waals surface area contributed by atoms with E-state index in [1.54, 1.807) is 0 Å². The number of fused-ring (bicyclic) bond motifs is 3. The van der Waals surface area contributed by atoms with Gasteiger partial charge in [-0.05, 0) is 39.9 Å². The molecule has 0 spiro atoms. The third-order valence-electron chi connectivity index (χ3n) is 8.77. The predicted molar refractivity (Wildman–Crippen MR) is 206 cm³/mol. The van der Waals surface area contributed by atoms with E-state index < -0.39 is 13.3 Å². The van der Waals surface area contributed by atoms with Crippen molar-refractivity contribution >= 4 is 39.6 Å². The van der Waals surface area contributed by atoms with Gasteiger partial charge in [0.05, 0.1) is 5.58 Å². The van der Waals surface area contributed by atoms with E-state index in [0.717, 1.165) is 44.5 Å². The van der Waals surface area contributed by atoms with Crippen LogP contribution in [-0.2, 0) is 25.5 Å². The van der Waals surface area contributed by atoms with Gasteiger partial charge in [-0.1, -0.05) is 80.3 Å². The van der Waals surface area contributed by atoms with Gasteiger partial charge in [0.25, 0.3) is 0 Å². The summed E-state index contributed by atoms with van der Waals surface area (Å²) >= 11 is -1.85. The zero-order valence-electron chi connectivity index (χ0n) is 29.7. The standard InChI is InChI=1S/C27H22NO.C17H22GeN.Ir/c1-27(2,3)19-15-16-28-23(17-19)21-12-7-13-22-25-20(18-9-5-4-6-10-18)11-8-14-24(25)29-26(21)22;1-13(2)15-11-17(14-9-7-6-8-10-14)19-12-16(15)18(3,4)5;/h4-11,13-17H,1-3H3;6-9,11-13H,1-5H3;/q2*-1;. The molecule has 0 N–H and O–H groups in total. The van der Waals surface area contributed by atoms with Crippen LogP contribution >= 0.6 is 0 Å². The molecule has 49 heavy (non-hydrogen) atoms. The number of aromatic nitrogens is 2. The molecule has 0 fully saturated rings. The van der Waals surface area contributed by atoms with Gasteiger partial charge in [-0.2, -0.15) is 0 Å². The topological polar surface area (TPSA) is 38.9 Å². The molecule has 0 atom stereocenters. The SMILES string of the molecule is CC(C)(C)c1ccnc(-c2[c-]ccc3c2oc2cccc(-c4ccccc4)c23)c1.CC(C)c1cc(-c2[c-]cccc2)nc[c]1[Ge]([CH3])([CH3])[CH3].[Ir]. The van der Waals surface area contributed by atoms with Crippen LogP contribution < -0.4 is 4.40 Å². The molecule has 4 aromatic carbocycles. The average Bonchev–Trinajstić information content (AvgIpc) is 3.48. The summed E-state index contributed by atoms with van der Waals surface area (Å²) in [4.78, 5) is 9.31. The van der Waals surface area contributed by atoms with Crippen LogP contribution in [0.1, 0.15) is 51.7 Å². The first kappa shape index (κ1) is 36.5. The minimum atomic E-state index is -1.85. The molecule has 3 nitrogen and oxygen atoms in total. The average molecular weight is 882 g/mol. The van der Waals surface area contributed by atoms with Gasteiger partial charge in [-0.25, -0.2) is 0 Å². The van der Waals surface area contributed by atoms with Gasteiger partial charge < -0.3 is 9.40 Å². The molecule has 0 saturated carbocycles. The zero-order chi connectivity index (χ0) is 34.1. The maximum absolute atomic E-state index is 6.35. The van der Waals surface area contributed by atoms with Crippen molar-refractivity contribution in [1.29, 1.82) is 0 Å². The number of nitrogens with zero attached hydrogens (tertiary/aromatic N) is 2. The number of hydrogen-bond acceptors (Lipinski definition) is 3. The van der Waals surface area contributed by atoms with E-state index in [9.17, 15) is 0 Å². The fraction of sp³-hybridized carbons (Fsp3) is 0.227. The molecule has 0 unspecified atom stereocenters. The molecule has 1 radical (unpaired) electrons. The Labute approximate surface area is 307 Å². The second-order valence-electron chi connectivity index (χ2n) is 14.8. The van der Waals surface area contributed by atoms with Gasteiger partial charge in [0.2, 0.25) is 0 Å². The molecule has 0 bridgehead atoms. The number of hydrogen-bond donors (Lipinski definition) is 0. The Hall–Kier alpha value is -3.83. The Bertz CT molecular complexity index is 2180. The molecule has 3 heterocycles. The summed E-state index contributed by atoms with van der Waals surface area (Å²) in [6.45, 7) is 11.2. The van der Waals surface area contributed by atoms with Crippen LogP contribution in [0, 0.1) is 12.1 Å². The van der Waals surface area contributed by atoms with E-state index in [1.165, 1.54) is 26.6 Å². The number of furan rings is 1. The third-order valence-corrected chi connectivity index (χ3v) is 13.0. The van der Waals surface area contributed by atoms with Crippen LogP contribution in [0.3, 0.4) is 0 Å². The van der Waals surface area contributed by atoms with Gasteiger partial charge in [0.15, 0.2) is 0 Å². The quantitative estimate of drug-likeness (QED) is 0.128.